The third-order valence-electron chi connectivity index (χ3n) is 3.45. The summed E-state index contributed by atoms with van der Waals surface area (Å²) in [5.74, 6) is 0. The molecule has 1 aliphatic rings. The predicted octanol–water partition coefficient (Wildman–Crippen LogP) is 2.36. The number of nitrogens with one attached hydrogen (secondary N) is 1. The lowest BCUT2D eigenvalue weighted by atomic mass is 10.2. The van der Waals surface area contributed by atoms with Gasteiger partial charge in [0.2, 0.25) is 10.0 Å². The summed E-state index contributed by atoms with van der Waals surface area (Å²) in [6.07, 6.45) is -0.978. The van der Waals surface area contributed by atoms with Gasteiger partial charge in [-0.2, -0.15) is 0 Å². The second-order valence-corrected chi connectivity index (χ2v) is 8.18. The molecular weight excluding hydrogens is 336 g/mol. The molecule has 1 aromatic heterocycles. The average molecular weight is 352 g/mol. The van der Waals surface area contributed by atoms with Gasteiger partial charge in [0.1, 0.15) is 10.3 Å². The molecule has 1 amide bonds. The van der Waals surface area contributed by atoms with Crippen LogP contribution in [0.15, 0.2) is 46.0 Å². The zero-order valence-corrected chi connectivity index (χ0v) is 14.1. The van der Waals surface area contributed by atoms with Gasteiger partial charge in [-0.25, -0.2) is 17.9 Å². The largest absolute Gasteiger partial charge is 0.443 e. The van der Waals surface area contributed by atoms with Crippen molar-refractivity contribution in [1.29, 1.82) is 0 Å². The Morgan fingerprint density at radius 3 is 2.87 bits per heavy atom. The number of rotatable bonds is 5. The van der Waals surface area contributed by atoms with Crippen molar-refractivity contribution in [2.75, 3.05) is 18.0 Å². The number of anilines is 1. The molecule has 1 unspecified atom stereocenters. The highest BCUT2D eigenvalue weighted by molar-refractivity contribution is 7.91. The van der Waals surface area contributed by atoms with Gasteiger partial charge in [-0.3, -0.25) is 4.90 Å². The van der Waals surface area contributed by atoms with Crippen LogP contribution < -0.4 is 9.62 Å². The molecule has 1 aliphatic heterocycles. The number of aryl methyl sites for hydroxylation is 1. The molecule has 0 aliphatic carbocycles. The SMILES string of the molecule is Cc1cccc(N2CC(CNS(=O)(=O)c3cccs3)OC2=O)c1. The summed E-state index contributed by atoms with van der Waals surface area (Å²) in [6, 6.07) is 10.7. The van der Waals surface area contributed by atoms with E-state index in [4.69, 9.17) is 4.74 Å². The normalized spacial score (nSPS) is 18.2. The van der Waals surface area contributed by atoms with Crippen LogP contribution in [0.2, 0.25) is 0 Å². The summed E-state index contributed by atoms with van der Waals surface area (Å²) in [6.45, 7) is 2.31. The molecule has 8 heteroatoms. The molecule has 1 atom stereocenters. The van der Waals surface area contributed by atoms with Crippen LogP contribution in [0.1, 0.15) is 5.56 Å². The van der Waals surface area contributed by atoms with Gasteiger partial charge in [0, 0.05) is 12.2 Å². The number of hydrogen-bond acceptors (Lipinski definition) is 5. The lowest BCUT2D eigenvalue weighted by molar-refractivity contribution is 0.143. The fourth-order valence-corrected chi connectivity index (χ4v) is 4.43. The maximum atomic E-state index is 12.1. The molecule has 1 N–H and O–H groups in total. The first-order chi connectivity index (χ1) is 11.0. The van der Waals surface area contributed by atoms with Gasteiger partial charge < -0.3 is 4.74 Å². The van der Waals surface area contributed by atoms with E-state index in [-0.39, 0.29) is 10.8 Å². The van der Waals surface area contributed by atoms with Gasteiger partial charge in [0.25, 0.3) is 0 Å². The first kappa shape index (κ1) is 16.0. The Bertz CT molecular complexity index is 803. The fraction of sp³-hybridized carbons (Fsp3) is 0.267. The van der Waals surface area contributed by atoms with Crippen molar-refractivity contribution in [3.05, 3.63) is 47.3 Å². The van der Waals surface area contributed by atoms with E-state index in [0.29, 0.717) is 6.54 Å². The van der Waals surface area contributed by atoms with Crippen molar-refractivity contribution in [1.82, 2.24) is 4.72 Å². The molecular formula is C15H16N2O4S2. The van der Waals surface area contributed by atoms with Gasteiger partial charge in [0.05, 0.1) is 6.54 Å². The maximum absolute atomic E-state index is 12.1. The number of thiophene rings is 1. The van der Waals surface area contributed by atoms with Crippen LogP contribution in [0.3, 0.4) is 0 Å². The molecule has 0 radical (unpaired) electrons. The third-order valence-corrected chi connectivity index (χ3v) is 6.27. The molecule has 1 aromatic carbocycles. The number of nitrogens with zero attached hydrogens (tertiary/aromatic N) is 1. The van der Waals surface area contributed by atoms with Gasteiger partial charge in [-0.15, -0.1) is 11.3 Å². The molecule has 0 spiro atoms. The smallest absolute Gasteiger partial charge is 0.414 e. The zero-order chi connectivity index (χ0) is 16.4. The van der Waals surface area contributed by atoms with Crippen molar-refractivity contribution in [2.45, 2.75) is 17.2 Å². The molecule has 1 fully saturated rings. The number of hydrogen-bond donors (Lipinski definition) is 1. The molecule has 0 saturated carbocycles. The van der Waals surface area contributed by atoms with Crippen molar-refractivity contribution in [3.63, 3.8) is 0 Å². The molecule has 23 heavy (non-hydrogen) atoms. The Morgan fingerprint density at radius 2 is 2.17 bits per heavy atom. The number of carbonyl (C=O) groups excluding carboxylic acids is 1. The van der Waals surface area contributed by atoms with Gasteiger partial charge in [0.15, 0.2) is 0 Å². The minimum Gasteiger partial charge on any atom is -0.443 e. The first-order valence-corrected chi connectivity index (χ1v) is 9.40. The van der Waals surface area contributed by atoms with Crippen LogP contribution in [0.25, 0.3) is 0 Å². The minimum absolute atomic E-state index is 0.0499. The van der Waals surface area contributed by atoms with E-state index in [1.807, 2.05) is 31.2 Å². The summed E-state index contributed by atoms with van der Waals surface area (Å²) < 4.78 is 32.1. The molecule has 3 rings (SSSR count). The Morgan fingerprint density at radius 1 is 1.35 bits per heavy atom. The molecule has 0 bridgehead atoms. The highest BCUT2D eigenvalue weighted by Crippen LogP contribution is 2.22. The number of benzene rings is 1. The van der Waals surface area contributed by atoms with E-state index in [9.17, 15) is 13.2 Å². The lowest BCUT2D eigenvalue weighted by Crippen LogP contribution is -2.34. The molecule has 1 saturated heterocycles. The molecule has 2 aromatic rings. The van der Waals surface area contributed by atoms with E-state index in [0.717, 1.165) is 22.6 Å². The quantitative estimate of drug-likeness (QED) is 0.896. The van der Waals surface area contributed by atoms with Crippen molar-refractivity contribution >= 4 is 33.1 Å². The van der Waals surface area contributed by atoms with E-state index < -0.39 is 22.2 Å². The Kier molecular flexibility index (Phi) is 4.38. The van der Waals surface area contributed by atoms with Crippen molar-refractivity contribution < 1.29 is 17.9 Å². The fourth-order valence-electron chi connectivity index (χ4n) is 2.32. The van der Waals surface area contributed by atoms with Crippen molar-refractivity contribution in [2.24, 2.45) is 0 Å². The minimum atomic E-state index is -3.55. The van der Waals surface area contributed by atoms with Crippen molar-refractivity contribution in [3.8, 4) is 0 Å². The number of amides is 1. The van der Waals surface area contributed by atoms with Crippen LogP contribution >= 0.6 is 11.3 Å². The Hall–Kier alpha value is -1.90. The summed E-state index contributed by atoms with van der Waals surface area (Å²) in [4.78, 5) is 13.5. The molecule has 2 heterocycles. The number of ether oxygens (including phenoxy) is 1. The van der Waals surface area contributed by atoms with E-state index >= 15 is 0 Å². The van der Waals surface area contributed by atoms with Crippen LogP contribution in [0.4, 0.5) is 10.5 Å². The number of carbonyl (C=O) groups is 1. The topological polar surface area (TPSA) is 75.7 Å². The Balaban J connectivity index is 1.64. The predicted molar refractivity (Wildman–Crippen MR) is 88.3 cm³/mol. The average Bonchev–Trinajstić information content (AvgIpc) is 3.15. The molecule has 6 nitrogen and oxygen atoms in total. The first-order valence-electron chi connectivity index (χ1n) is 7.04. The van der Waals surface area contributed by atoms with Crippen LogP contribution in [0.5, 0.6) is 0 Å². The number of sulfonamides is 1. The summed E-state index contributed by atoms with van der Waals surface area (Å²) in [5.41, 5.74) is 1.79. The summed E-state index contributed by atoms with van der Waals surface area (Å²) in [5, 5.41) is 1.70. The van der Waals surface area contributed by atoms with E-state index in [1.165, 1.54) is 11.0 Å². The van der Waals surface area contributed by atoms with E-state index in [1.54, 1.807) is 11.4 Å². The highest BCUT2D eigenvalue weighted by atomic mass is 32.2. The number of cyclic esters (lactones) is 1. The highest BCUT2D eigenvalue weighted by Gasteiger charge is 2.33. The standard InChI is InChI=1S/C15H16N2O4S2/c1-11-4-2-5-12(8-11)17-10-13(21-15(17)18)9-16-23(19,20)14-6-3-7-22-14/h2-8,13,16H,9-10H2,1H3. The zero-order valence-electron chi connectivity index (χ0n) is 12.4. The lowest BCUT2D eigenvalue weighted by Gasteiger charge is -2.13. The summed E-state index contributed by atoms with van der Waals surface area (Å²) >= 11 is 1.14. The van der Waals surface area contributed by atoms with Gasteiger partial charge in [-0.05, 0) is 36.1 Å². The van der Waals surface area contributed by atoms with Gasteiger partial charge in [-0.1, -0.05) is 18.2 Å². The monoisotopic (exact) mass is 352 g/mol. The summed E-state index contributed by atoms with van der Waals surface area (Å²) in [7, 11) is -3.55. The van der Waals surface area contributed by atoms with Gasteiger partial charge >= 0.3 is 6.09 Å². The second-order valence-electron chi connectivity index (χ2n) is 5.24. The molecule has 122 valence electrons. The van der Waals surface area contributed by atoms with Crippen LogP contribution in [-0.2, 0) is 14.8 Å². The van der Waals surface area contributed by atoms with Crippen LogP contribution in [0, 0.1) is 6.92 Å². The van der Waals surface area contributed by atoms with E-state index in [2.05, 4.69) is 4.72 Å². The third kappa shape index (κ3) is 3.54. The maximum Gasteiger partial charge on any atom is 0.414 e. The second kappa shape index (κ2) is 6.31. The van der Waals surface area contributed by atoms with Crippen LogP contribution in [-0.4, -0.2) is 33.7 Å². The Labute approximate surface area is 138 Å².